The number of carbonyl (C=O) groups is 2. The van der Waals surface area contributed by atoms with Gasteiger partial charge < -0.3 is 15.5 Å². The average Bonchev–Trinajstić information content (AvgIpc) is 3.62. The highest BCUT2D eigenvalue weighted by molar-refractivity contribution is 7.13. The number of fused-ring (bicyclic) bond motifs is 1. The summed E-state index contributed by atoms with van der Waals surface area (Å²) < 4.78 is 1.72. The van der Waals surface area contributed by atoms with Crippen molar-refractivity contribution in [1.29, 1.82) is 0 Å². The van der Waals surface area contributed by atoms with Crippen LogP contribution in [-0.2, 0) is 4.79 Å². The number of thiophene rings is 1. The molecule has 210 valence electrons. The summed E-state index contributed by atoms with van der Waals surface area (Å²) in [6.07, 6.45) is 4.35. The van der Waals surface area contributed by atoms with E-state index < -0.39 is 0 Å². The summed E-state index contributed by atoms with van der Waals surface area (Å²) in [5.41, 5.74) is 3.30. The highest BCUT2D eigenvalue weighted by Crippen LogP contribution is 2.31. The molecule has 10 nitrogen and oxygen atoms in total. The van der Waals surface area contributed by atoms with Crippen molar-refractivity contribution in [3.05, 3.63) is 53.7 Å². The molecule has 11 heteroatoms. The second kappa shape index (κ2) is 12.1. The molecule has 2 N–H and O–H groups in total. The first-order valence-corrected chi connectivity index (χ1v) is 14.8. The molecule has 5 heterocycles. The van der Waals surface area contributed by atoms with Gasteiger partial charge in [0.05, 0.1) is 28.0 Å². The van der Waals surface area contributed by atoms with Gasteiger partial charge in [-0.15, -0.1) is 11.3 Å². The first kappa shape index (κ1) is 27.7. The van der Waals surface area contributed by atoms with Crippen LogP contribution in [0, 0.1) is 0 Å². The van der Waals surface area contributed by atoms with Crippen molar-refractivity contribution in [1.82, 2.24) is 35.1 Å². The lowest BCUT2D eigenvalue weighted by Gasteiger charge is -2.40. The second-order valence-electron chi connectivity index (χ2n) is 9.89. The molecule has 1 aliphatic heterocycles. The van der Waals surface area contributed by atoms with Gasteiger partial charge in [0.25, 0.3) is 5.91 Å². The van der Waals surface area contributed by atoms with E-state index in [1.165, 1.54) is 0 Å². The number of nitrogens with zero attached hydrogens (tertiary/aromatic N) is 6. The van der Waals surface area contributed by atoms with E-state index >= 15 is 0 Å². The zero-order valence-corrected chi connectivity index (χ0v) is 24.2. The summed E-state index contributed by atoms with van der Waals surface area (Å²) in [6.45, 7) is 11.9. The van der Waals surface area contributed by atoms with Gasteiger partial charge >= 0.3 is 0 Å². The lowest BCUT2D eigenvalue weighted by Crippen LogP contribution is -2.56. The highest BCUT2D eigenvalue weighted by atomic mass is 32.1. The molecule has 2 atom stereocenters. The molecule has 4 aromatic heterocycles. The molecule has 2 amide bonds. The molecule has 1 aliphatic rings. The van der Waals surface area contributed by atoms with Gasteiger partial charge in [0.2, 0.25) is 5.91 Å². The van der Waals surface area contributed by atoms with Crippen molar-refractivity contribution in [3.8, 4) is 21.8 Å². The van der Waals surface area contributed by atoms with Crippen LogP contribution in [0.4, 0.5) is 5.82 Å². The van der Waals surface area contributed by atoms with Crippen molar-refractivity contribution in [2.24, 2.45) is 0 Å². The fourth-order valence-electron chi connectivity index (χ4n) is 5.09. The number of amides is 2. The minimum Gasteiger partial charge on any atom is -0.355 e. The SMILES string of the molecule is CCNC(=O)C1CCN1c1cc(C(=O)NCC(C)N(CC)CC)cc(-c2cnn3ccc(-c4cccs4)nc23)n1. The number of hydrogen-bond donors (Lipinski definition) is 2. The monoisotopic (exact) mass is 560 g/mol. The molecule has 5 rings (SSSR count). The molecule has 0 bridgehead atoms. The quantitative estimate of drug-likeness (QED) is 0.288. The maximum atomic E-state index is 13.5. The summed E-state index contributed by atoms with van der Waals surface area (Å²) >= 11 is 1.62. The summed E-state index contributed by atoms with van der Waals surface area (Å²) in [6, 6.07) is 9.43. The Labute approximate surface area is 238 Å². The topological polar surface area (TPSA) is 108 Å². The molecule has 40 heavy (non-hydrogen) atoms. The van der Waals surface area contributed by atoms with Crippen LogP contribution in [0.3, 0.4) is 0 Å². The van der Waals surface area contributed by atoms with Gasteiger partial charge in [0.15, 0.2) is 5.65 Å². The van der Waals surface area contributed by atoms with Crippen LogP contribution in [0.2, 0.25) is 0 Å². The third-order valence-electron chi connectivity index (χ3n) is 7.45. The summed E-state index contributed by atoms with van der Waals surface area (Å²) in [5.74, 6) is 0.386. The Kier molecular flexibility index (Phi) is 8.41. The maximum absolute atomic E-state index is 13.5. The van der Waals surface area contributed by atoms with E-state index in [9.17, 15) is 9.59 Å². The van der Waals surface area contributed by atoms with Crippen LogP contribution < -0.4 is 15.5 Å². The number of rotatable bonds is 11. The van der Waals surface area contributed by atoms with Gasteiger partial charge in [-0.3, -0.25) is 14.5 Å². The predicted octanol–water partition coefficient (Wildman–Crippen LogP) is 3.69. The zero-order chi connectivity index (χ0) is 28.2. The molecular weight excluding hydrogens is 524 g/mol. The van der Waals surface area contributed by atoms with Crippen LogP contribution >= 0.6 is 11.3 Å². The number of anilines is 1. The van der Waals surface area contributed by atoms with Gasteiger partial charge in [-0.05, 0) is 63.0 Å². The zero-order valence-electron chi connectivity index (χ0n) is 23.4. The first-order valence-electron chi connectivity index (χ1n) is 13.9. The van der Waals surface area contributed by atoms with Crippen molar-refractivity contribution in [3.63, 3.8) is 0 Å². The van der Waals surface area contributed by atoms with Crippen LogP contribution in [0.15, 0.2) is 48.1 Å². The summed E-state index contributed by atoms with van der Waals surface area (Å²) in [7, 11) is 0. The molecular formula is C29H36N8O2S. The predicted molar refractivity (Wildman–Crippen MR) is 159 cm³/mol. The Hall–Kier alpha value is -3.83. The molecule has 0 radical (unpaired) electrons. The highest BCUT2D eigenvalue weighted by Gasteiger charge is 2.35. The molecule has 0 saturated carbocycles. The van der Waals surface area contributed by atoms with E-state index in [2.05, 4.69) is 41.4 Å². The van der Waals surface area contributed by atoms with Crippen LogP contribution in [-0.4, -0.2) is 81.1 Å². The third-order valence-corrected chi connectivity index (χ3v) is 8.35. The molecule has 0 spiro atoms. The van der Waals surface area contributed by atoms with Crippen molar-refractivity contribution in [2.45, 2.75) is 46.2 Å². The summed E-state index contributed by atoms with van der Waals surface area (Å²) in [4.78, 5) is 41.3. The van der Waals surface area contributed by atoms with E-state index in [1.807, 2.05) is 41.6 Å². The van der Waals surface area contributed by atoms with Gasteiger partial charge in [-0.25, -0.2) is 14.5 Å². The van der Waals surface area contributed by atoms with E-state index in [1.54, 1.807) is 34.2 Å². The lowest BCUT2D eigenvalue weighted by atomic mass is 10.0. The number of nitrogens with one attached hydrogen (secondary N) is 2. The van der Waals surface area contributed by atoms with Crippen molar-refractivity contribution >= 4 is 34.6 Å². The Morgan fingerprint density at radius 3 is 2.62 bits per heavy atom. The first-order chi connectivity index (χ1) is 19.4. The minimum atomic E-state index is -0.311. The Balaban J connectivity index is 1.52. The van der Waals surface area contributed by atoms with Crippen LogP contribution in [0.1, 0.15) is 44.5 Å². The Morgan fingerprint density at radius 1 is 1.12 bits per heavy atom. The Bertz CT molecular complexity index is 1480. The smallest absolute Gasteiger partial charge is 0.251 e. The van der Waals surface area contributed by atoms with Gasteiger partial charge in [0.1, 0.15) is 11.9 Å². The molecule has 0 aliphatic carbocycles. The van der Waals surface area contributed by atoms with E-state index in [4.69, 9.17) is 9.97 Å². The number of pyridine rings is 1. The summed E-state index contributed by atoms with van der Waals surface area (Å²) in [5, 5.41) is 12.5. The average molecular weight is 561 g/mol. The fourth-order valence-corrected chi connectivity index (χ4v) is 5.78. The number of aromatic nitrogens is 4. The van der Waals surface area contributed by atoms with Crippen LogP contribution in [0.25, 0.3) is 27.5 Å². The minimum absolute atomic E-state index is 0.0294. The van der Waals surface area contributed by atoms with Crippen molar-refractivity contribution in [2.75, 3.05) is 37.6 Å². The molecule has 1 fully saturated rings. The maximum Gasteiger partial charge on any atom is 0.251 e. The molecule has 2 unspecified atom stereocenters. The Morgan fingerprint density at radius 2 is 1.95 bits per heavy atom. The number of likely N-dealkylation sites (N-methyl/N-ethyl adjacent to an activating group) is 2. The van der Waals surface area contributed by atoms with Crippen molar-refractivity contribution < 1.29 is 9.59 Å². The standard InChI is InChI=1S/C29H36N8O2S/c1-5-30-29(39)24-11-12-36(24)26-16-20(28(38)31-17-19(4)35(6-2)7-3)15-23(33-26)21-18-32-37-13-10-22(34-27(21)37)25-9-8-14-40-25/h8-10,13-16,18-19,24H,5-7,11-12,17H2,1-4H3,(H,30,39)(H,31,38). The lowest BCUT2D eigenvalue weighted by molar-refractivity contribution is -0.123. The van der Waals surface area contributed by atoms with E-state index in [0.717, 1.165) is 35.6 Å². The van der Waals surface area contributed by atoms with Gasteiger partial charge in [-0.2, -0.15) is 5.10 Å². The molecule has 4 aromatic rings. The molecule has 0 aromatic carbocycles. The normalized spacial score (nSPS) is 15.7. The fraction of sp³-hybridized carbons (Fsp3) is 0.414. The number of carbonyl (C=O) groups excluding carboxylic acids is 2. The van der Waals surface area contributed by atoms with E-state index in [-0.39, 0.29) is 23.9 Å². The molecule has 1 saturated heterocycles. The largest absolute Gasteiger partial charge is 0.355 e. The second-order valence-corrected chi connectivity index (χ2v) is 10.8. The third kappa shape index (κ3) is 5.57. The van der Waals surface area contributed by atoms with E-state index in [0.29, 0.717) is 42.4 Å². The van der Waals surface area contributed by atoms with Crippen LogP contribution in [0.5, 0.6) is 0 Å². The van der Waals surface area contributed by atoms with Gasteiger partial charge in [0, 0.05) is 37.4 Å². The number of hydrogen-bond acceptors (Lipinski definition) is 8. The van der Waals surface area contributed by atoms with Gasteiger partial charge in [-0.1, -0.05) is 19.9 Å².